The summed E-state index contributed by atoms with van der Waals surface area (Å²) >= 11 is 0. The van der Waals surface area contributed by atoms with Gasteiger partial charge in [-0.3, -0.25) is 4.79 Å². The van der Waals surface area contributed by atoms with Gasteiger partial charge in [0, 0.05) is 36.5 Å². The number of fused-ring (bicyclic) bond motifs is 1. The highest BCUT2D eigenvalue weighted by Crippen LogP contribution is 2.33. The molecule has 2 heterocycles. The van der Waals surface area contributed by atoms with E-state index in [1.165, 1.54) is 11.3 Å². The summed E-state index contributed by atoms with van der Waals surface area (Å²) in [6.45, 7) is 5.21. The molecule has 0 aliphatic carbocycles. The minimum Gasteiger partial charge on any atom is -0.384 e. The molecule has 3 rings (SSSR count). The average molecular weight is 260 g/mol. The molecule has 1 aromatic rings. The van der Waals surface area contributed by atoms with Crippen molar-refractivity contribution >= 4 is 11.6 Å². The molecule has 1 atom stereocenters. The van der Waals surface area contributed by atoms with Crippen LogP contribution in [0.4, 0.5) is 5.69 Å². The van der Waals surface area contributed by atoms with Gasteiger partial charge in [-0.05, 0) is 11.6 Å². The lowest BCUT2D eigenvalue weighted by molar-refractivity contribution is -0.127. The Hall–Kier alpha value is -1.55. The standard InChI is InChI=1S/C15H20N2O2/c1-15(9-19-10-15)8-17-14(18)6-11-7-16-13-5-3-2-4-12(11)13/h2-5,11,16H,6-10H2,1H3,(H,17,18). The number of nitrogens with one attached hydrogen (secondary N) is 2. The van der Waals surface area contributed by atoms with Gasteiger partial charge in [-0.2, -0.15) is 0 Å². The summed E-state index contributed by atoms with van der Waals surface area (Å²) in [7, 11) is 0. The Balaban J connectivity index is 1.53. The number of ether oxygens (including phenoxy) is 1. The molecule has 1 saturated heterocycles. The minimum absolute atomic E-state index is 0.136. The van der Waals surface area contributed by atoms with Crippen LogP contribution in [0.3, 0.4) is 0 Å². The van der Waals surface area contributed by atoms with E-state index in [1.54, 1.807) is 0 Å². The van der Waals surface area contributed by atoms with Gasteiger partial charge in [0.05, 0.1) is 13.2 Å². The lowest BCUT2D eigenvalue weighted by atomic mass is 9.88. The van der Waals surface area contributed by atoms with Crippen molar-refractivity contribution in [1.82, 2.24) is 5.32 Å². The van der Waals surface area contributed by atoms with Gasteiger partial charge in [-0.1, -0.05) is 25.1 Å². The van der Waals surface area contributed by atoms with Crippen molar-refractivity contribution in [2.45, 2.75) is 19.3 Å². The Kier molecular flexibility index (Phi) is 3.19. The lowest BCUT2D eigenvalue weighted by Gasteiger charge is -2.38. The smallest absolute Gasteiger partial charge is 0.220 e. The second-order valence-electron chi connectivity index (χ2n) is 5.95. The van der Waals surface area contributed by atoms with Crippen molar-refractivity contribution in [3.63, 3.8) is 0 Å². The molecule has 1 amide bonds. The number of carbonyl (C=O) groups is 1. The van der Waals surface area contributed by atoms with Crippen LogP contribution in [-0.2, 0) is 9.53 Å². The first-order valence-electron chi connectivity index (χ1n) is 6.84. The predicted molar refractivity (Wildman–Crippen MR) is 74.2 cm³/mol. The number of hydrogen-bond donors (Lipinski definition) is 2. The van der Waals surface area contributed by atoms with Gasteiger partial charge in [0.25, 0.3) is 0 Å². The Bertz CT molecular complexity index is 483. The van der Waals surface area contributed by atoms with Gasteiger partial charge in [-0.15, -0.1) is 0 Å². The van der Waals surface area contributed by atoms with Crippen molar-refractivity contribution in [3.8, 4) is 0 Å². The summed E-state index contributed by atoms with van der Waals surface area (Å²) < 4.78 is 5.19. The molecule has 0 saturated carbocycles. The van der Waals surface area contributed by atoms with Crippen LogP contribution in [0.25, 0.3) is 0 Å². The SMILES string of the molecule is CC1(CNC(=O)CC2CNc3ccccc32)COC1. The van der Waals surface area contributed by atoms with Crippen molar-refractivity contribution in [1.29, 1.82) is 0 Å². The van der Waals surface area contributed by atoms with E-state index in [4.69, 9.17) is 4.74 Å². The maximum atomic E-state index is 12.0. The molecule has 102 valence electrons. The number of rotatable bonds is 4. The first-order valence-corrected chi connectivity index (χ1v) is 6.84. The molecule has 0 radical (unpaired) electrons. The predicted octanol–water partition coefficient (Wildman–Crippen LogP) is 1.74. The Labute approximate surface area is 113 Å². The largest absolute Gasteiger partial charge is 0.384 e. The van der Waals surface area contributed by atoms with Crippen LogP contribution >= 0.6 is 0 Å². The third kappa shape index (κ3) is 2.59. The van der Waals surface area contributed by atoms with Crippen molar-refractivity contribution in [2.24, 2.45) is 5.41 Å². The fourth-order valence-electron chi connectivity index (χ4n) is 2.70. The topological polar surface area (TPSA) is 50.4 Å². The first kappa shape index (κ1) is 12.5. The van der Waals surface area contributed by atoms with Crippen molar-refractivity contribution in [3.05, 3.63) is 29.8 Å². The molecule has 2 N–H and O–H groups in total. The van der Waals surface area contributed by atoms with Gasteiger partial charge in [0.2, 0.25) is 5.91 Å². The van der Waals surface area contributed by atoms with Crippen LogP contribution in [0.1, 0.15) is 24.8 Å². The number of hydrogen-bond acceptors (Lipinski definition) is 3. The van der Waals surface area contributed by atoms with Gasteiger partial charge in [0.1, 0.15) is 0 Å². The number of amides is 1. The first-order chi connectivity index (χ1) is 9.16. The third-order valence-electron chi connectivity index (χ3n) is 3.98. The molecule has 1 aromatic carbocycles. The summed E-state index contributed by atoms with van der Waals surface area (Å²) in [4.78, 5) is 12.0. The van der Waals surface area contributed by atoms with Crippen LogP contribution in [0.15, 0.2) is 24.3 Å². The molecule has 1 fully saturated rings. The summed E-state index contributed by atoms with van der Waals surface area (Å²) in [5, 5.41) is 6.39. The van der Waals surface area contributed by atoms with E-state index < -0.39 is 0 Å². The van der Waals surface area contributed by atoms with E-state index >= 15 is 0 Å². The summed E-state index contributed by atoms with van der Waals surface area (Å²) in [5.41, 5.74) is 2.57. The molecule has 0 bridgehead atoms. The minimum atomic E-state index is 0.136. The van der Waals surface area contributed by atoms with E-state index in [1.807, 2.05) is 12.1 Å². The normalized spacial score (nSPS) is 23.1. The Morgan fingerprint density at radius 1 is 1.47 bits per heavy atom. The van der Waals surface area contributed by atoms with E-state index in [-0.39, 0.29) is 11.3 Å². The molecule has 4 nitrogen and oxygen atoms in total. The van der Waals surface area contributed by atoms with E-state index in [9.17, 15) is 4.79 Å². The highest BCUT2D eigenvalue weighted by Gasteiger charge is 2.34. The van der Waals surface area contributed by atoms with Gasteiger partial charge in [-0.25, -0.2) is 0 Å². The quantitative estimate of drug-likeness (QED) is 0.867. The maximum absolute atomic E-state index is 12.0. The zero-order valence-corrected chi connectivity index (χ0v) is 11.2. The summed E-state index contributed by atoms with van der Waals surface area (Å²) in [5.74, 6) is 0.429. The molecule has 19 heavy (non-hydrogen) atoms. The Morgan fingerprint density at radius 3 is 3.00 bits per heavy atom. The Morgan fingerprint density at radius 2 is 2.26 bits per heavy atom. The molecular weight excluding hydrogens is 240 g/mol. The van der Waals surface area contributed by atoms with Crippen LogP contribution in [-0.4, -0.2) is 32.2 Å². The number of anilines is 1. The second kappa shape index (κ2) is 4.85. The average Bonchev–Trinajstić information content (AvgIpc) is 2.78. The molecule has 2 aliphatic rings. The number of carbonyl (C=O) groups excluding carboxylic acids is 1. The zero-order chi connectivity index (χ0) is 13.3. The highest BCUT2D eigenvalue weighted by atomic mass is 16.5. The molecule has 4 heteroatoms. The van der Waals surface area contributed by atoms with Crippen LogP contribution < -0.4 is 10.6 Å². The van der Waals surface area contributed by atoms with Crippen LogP contribution in [0.2, 0.25) is 0 Å². The molecule has 1 unspecified atom stereocenters. The van der Waals surface area contributed by atoms with Gasteiger partial charge in [0.15, 0.2) is 0 Å². The van der Waals surface area contributed by atoms with Crippen molar-refractivity contribution in [2.75, 3.05) is 31.6 Å². The van der Waals surface area contributed by atoms with Crippen LogP contribution in [0, 0.1) is 5.41 Å². The second-order valence-corrected chi connectivity index (χ2v) is 5.95. The van der Waals surface area contributed by atoms with E-state index in [0.29, 0.717) is 18.9 Å². The molecular formula is C15H20N2O2. The van der Waals surface area contributed by atoms with Crippen LogP contribution in [0.5, 0.6) is 0 Å². The maximum Gasteiger partial charge on any atom is 0.220 e. The number of benzene rings is 1. The summed E-state index contributed by atoms with van der Waals surface area (Å²) in [6, 6.07) is 8.23. The van der Waals surface area contributed by atoms with E-state index in [2.05, 4.69) is 29.7 Å². The fourth-order valence-corrected chi connectivity index (χ4v) is 2.70. The van der Waals surface area contributed by atoms with E-state index in [0.717, 1.165) is 19.8 Å². The monoisotopic (exact) mass is 260 g/mol. The van der Waals surface area contributed by atoms with Crippen molar-refractivity contribution < 1.29 is 9.53 Å². The zero-order valence-electron chi connectivity index (χ0n) is 11.2. The highest BCUT2D eigenvalue weighted by molar-refractivity contribution is 5.78. The number of para-hydroxylation sites is 1. The third-order valence-corrected chi connectivity index (χ3v) is 3.98. The van der Waals surface area contributed by atoms with Gasteiger partial charge >= 0.3 is 0 Å². The molecule has 2 aliphatic heterocycles. The molecule has 0 spiro atoms. The van der Waals surface area contributed by atoms with Gasteiger partial charge < -0.3 is 15.4 Å². The summed E-state index contributed by atoms with van der Waals surface area (Å²) in [6.07, 6.45) is 0.556. The lowest BCUT2D eigenvalue weighted by Crippen LogP contribution is -2.48. The molecule has 0 aromatic heterocycles. The fraction of sp³-hybridized carbons (Fsp3) is 0.533.